The van der Waals surface area contributed by atoms with Gasteiger partial charge in [-0.3, -0.25) is 0 Å². The average Bonchev–Trinajstić information content (AvgIpc) is 2.31. The van der Waals surface area contributed by atoms with Gasteiger partial charge in [0.2, 0.25) is 0 Å². The zero-order valence-corrected chi connectivity index (χ0v) is 11.3. The molecule has 0 radical (unpaired) electrons. The monoisotopic (exact) mass is 237 g/mol. The van der Waals surface area contributed by atoms with E-state index in [-0.39, 0.29) is 0 Å². The summed E-state index contributed by atoms with van der Waals surface area (Å²) in [5.74, 6) is 8.28. The molecule has 0 aromatic carbocycles. The molecule has 2 unspecified atom stereocenters. The molecule has 0 saturated carbocycles. The van der Waals surface area contributed by atoms with Gasteiger partial charge in [-0.25, -0.2) is 15.8 Å². The molecule has 96 valence electrons. The number of aryl methyl sites for hydroxylation is 1. The van der Waals surface area contributed by atoms with Crippen LogP contribution < -0.4 is 16.6 Å². The number of rotatable bonds is 5. The van der Waals surface area contributed by atoms with E-state index in [1.165, 1.54) is 0 Å². The molecule has 4 N–H and O–H groups in total. The predicted octanol–water partition coefficient (Wildman–Crippen LogP) is 2.23. The maximum atomic E-state index is 5.44. The average molecular weight is 237 g/mol. The van der Waals surface area contributed by atoms with Crippen LogP contribution in [0.1, 0.15) is 38.6 Å². The molecule has 0 bridgehead atoms. The summed E-state index contributed by atoms with van der Waals surface area (Å²) in [5, 5.41) is 3.43. The van der Waals surface area contributed by atoms with Crippen LogP contribution in [0.25, 0.3) is 0 Å². The van der Waals surface area contributed by atoms with E-state index in [9.17, 15) is 0 Å². The van der Waals surface area contributed by atoms with E-state index >= 15 is 0 Å². The van der Waals surface area contributed by atoms with Crippen molar-refractivity contribution in [3.63, 3.8) is 0 Å². The molecule has 0 aliphatic rings. The molecule has 0 aliphatic heterocycles. The van der Waals surface area contributed by atoms with Crippen molar-refractivity contribution in [2.75, 3.05) is 10.7 Å². The summed E-state index contributed by atoms with van der Waals surface area (Å²) in [4.78, 5) is 8.66. The highest BCUT2D eigenvalue weighted by Crippen LogP contribution is 2.21. The lowest BCUT2D eigenvalue weighted by Crippen LogP contribution is -2.25. The molecule has 0 aliphatic carbocycles. The molecule has 17 heavy (non-hydrogen) atoms. The first kappa shape index (κ1) is 13.7. The van der Waals surface area contributed by atoms with Crippen LogP contribution in [0.3, 0.4) is 0 Å². The highest BCUT2D eigenvalue weighted by molar-refractivity contribution is 5.56. The number of anilines is 2. The van der Waals surface area contributed by atoms with E-state index in [2.05, 4.69) is 41.5 Å². The van der Waals surface area contributed by atoms with Crippen LogP contribution in [0.2, 0.25) is 0 Å². The third kappa shape index (κ3) is 3.30. The molecular formula is C12H23N5. The Hall–Kier alpha value is -1.36. The van der Waals surface area contributed by atoms with Crippen molar-refractivity contribution < 1.29 is 0 Å². The first-order valence-electron chi connectivity index (χ1n) is 6.08. The lowest BCUT2D eigenvalue weighted by Gasteiger charge is -2.22. The Kier molecular flexibility index (Phi) is 4.69. The van der Waals surface area contributed by atoms with Gasteiger partial charge in [-0.15, -0.1) is 0 Å². The van der Waals surface area contributed by atoms with Gasteiger partial charge in [0.25, 0.3) is 0 Å². The summed E-state index contributed by atoms with van der Waals surface area (Å²) in [7, 11) is 0. The lowest BCUT2D eigenvalue weighted by molar-refractivity contribution is 0.493. The van der Waals surface area contributed by atoms with Gasteiger partial charge in [-0.2, -0.15) is 0 Å². The first-order chi connectivity index (χ1) is 7.99. The van der Waals surface area contributed by atoms with Crippen molar-refractivity contribution >= 4 is 11.6 Å². The molecule has 0 saturated heterocycles. The van der Waals surface area contributed by atoms with E-state index < -0.39 is 0 Å². The van der Waals surface area contributed by atoms with E-state index in [4.69, 9.17) is 5.84 Å². The number of nitrogen functional groups attached to an aromatic ring is 1. The first-order valence-corrected chi connectivity index (χ1v) is 6.08. The maximum absolute atomic E-state index is 5.44. The van der Waals surface area contributed by atoms with Gasteiger partial charge in [0, 0.05) is 11.6 Å². The smallest absolute Gasteiger partial charge is 0.148 e. The second-order valence-electron chi connectivity index (χ2n) is 4.56. The summed E-state index contributed by atoms with van der Waals surface area (Å²) in [6.45, 7) is 10.4. The topological polar surface area (TPSA) is 75.9 Å². The van der Waals surface area contributed by atoms with Crippen molar-refractivity contribution in [1.29, 1.82) is 0 Å². The van der Waals surface area contributed by atoms with Crippen molar-refractivity contribution in [2.45, 2.75) is 47.1 Å². The fourth-order valence-electron chi connectivity index (χ4n) is 1.62. The van der Waals surface area contributed by atoms with Crippen molar-refractivity contribution in [3.8, 4) is 0 Å². The minimum Gasteiger partial charge on any atom is -0.367 e. The molecule has 1 aromatic heterocycles. The largest absolute Gasteiger partial charge is 0.367 e. The fraction of sp³-hybridized carbons (Fsp3) is 0.667. The van der Waals surface area contributed by atoms with Gasteiger partial charge in [0.05, 0.1) is 0 Å². The van der Waals surface area contributed by atoms with Gasteiger partial charge in [0.1, 0.15) is 17.5 Å². The zero-order valence-electron chi connectivity index (χ0n) is 11.3. The van der Waals surface area contributed by atoms with Crippen LogP contribution in [-0.4, -0.2) is 16.0 Å². The SMILES string of the molecule is CCC(C)C(C)Nc1nc(C)nc(NN)c1C. The van der Waals surface area contributed by atoms with E-state index in [0.29, 0.717) is 23.6 Å². The van der Waals surface area contributed by atoms with Crippen LogP contribution >= 0.6 is 0 Å². The number of hydrogen-bond donors (Lipinski definition) is 3. The molecule has 1 heterocycles. The molecule has 0 amide bonds. The molecule has 5 nitrogen and oxygen atoms in total. The Labute approximate surface area is 103 Å². The molecule has 1 aromatic rings. The Morgan fingerprint density at radius 3 is 2.29 bits per heavy atom. The van der Waals surface area contributed by atoms with Crippen LogP contribution in [0.15, 0.2) is 0 Å². The zero-order chi connectivity index (χ0) is 13.0. The van der Waals surface area contributed by atoms with Gasteiger partial charge in [-0.05, 0) is 26.7 Å². The number of nitrogens with zero attached hydrogens (tertiary/aromatic N) is 2. The molecule has 0 fully saturated rings. The minimum atomic E-state index is 0.374. The number of nitrogens with one attached hydrogen (secondary N) is 2. The Morgan fingerprint density at radius 1 is 1.18 bits per heavy atom. The molecule has 0 spiro atoms. The van der Waals surface area contributed by atoms with Crippen LogP contribution in [-0.2, 0) is 0 Å². The van der Waals surface area contributed by atoms with Gasteiger partial charge >= 0.3 is 0 Å². The fourth-order valence-corrected chi connectivity index (χ4v) is 1.62. The van der Waals surface area contributed by atoms with Crippen molar-refractivity contribution in [2.24, 2.45) is 11.8 Å². The van der Waals surface area contributed by atoms with Crippen molar-refractivity contribution in [1.82, 2.24) is 9.97 Å². The lowest BCUT2D eigenvalue weighted by atomic mass is 10.0. The van der Waals surface area contributed by atoms with Gasteiger partial charge in [0.15, 0.2) is 0 Å². The summed E-state index contributed by atoms with van der Waals surface area (Å²) in [5.41, 5.74) is 3.55. The number of hydrogen-bond acceptors (Lipinski definition) is 5. The van der Waals surface area contributed by atoms with Crippen LogP contribution in [0.4, 0.5) is 11.6 Å². The molecule has 2 atom stereocenters. The summed E-state index contributed by atoms with van der Waals surface area (Å²) in [6, 6.07) is 0.374. The Bertz CT molecular complexity index is 377. The van der Waals surface area contributed by atoms with Crippen molar-refractivity contribution in [3.05, 3.63) is 11.4 Å². The number of hydrazine groups is 1. The van der Waals surface area contributed by atoms with Gasteiger partial charge in [-0.1, -0.05) is 20.3 Å². The number of aromatic nitrogens is 2. The van der Waals surface area contributed by atoms with E-state index in [1.807, 2.05) is 13.8 Å². The maximum Gasteiger partial charge on any atom is 0.148 e. The second-order valence-corrected chi connectivity index (χ2v) is 4.56. The Morgan fingerprint density at radius 2 is 1.76 bits per heavy atom. The normalized spacial score (nSPS) is 14.2. The van der Waals surface area contributed by atoms with Crippen LogP contribution in [0.5, 0.6) is 0 Å². The number of nitrogens with two attached hydrogens (primary N) is 1. The van der Waals surface area contributed by atoms with Crippen LogP contribution in [0, 0.1) is 19.8 Å². The summed E-state index contributed by atoms with van der Waals surface area (Å²) >= 11 is 0. The molecule has 1 rings (SSSR count). The minimum absolute atomic E-state index is 0.374. The Balaban J connectivity index is 2.94. The quantitative estimate of drug-likeness (QED) is 0.541. The molecule has 5 heteroatoms. The molecular weight excluding hydrogens is 214 g/mol. The summed E-state index contributed by atoms with van der Waals surface area (Å²) < 4.78 is 0. The predicted molar refractivity (Wildman–Crippen MR) is 71.9 cm³/mol. The van der Waals surface area contributed by atoms with Gasteiger partial charge < -0.3 is 10.7 Å². The third-order valence-corrected chi connectivity index (χ3v) is 3.26. The summed E-state index contributed by atoms with van der Waals surface area (Å²) in [6.07, 6.45) is 1.14. The van der Waals surface area contributed by atoms with E-state index in [0.717, 1.165) is 17.8 Å². The third-order valence-electron chi connectivity index (χ3n) is 3.26. The van der Waals surface area contributed by atoms with E-state index in [1.54, 1.807) is 0 Å². The second kappa shape index (κ2) is 5.82. The highest BCUT2D eigenvalue weighted by atomic mass is 15.3. The highest BCUT2D eigenvalue weighted by Gasteiger charge is 2.14. The standard InChI is InChI=1S/C12H23N5/c1-6-7(2)9(4)14-11-8(3)12(17-13)16-10(5)15-11/h7,9H,6,13H2,1-5H3,(H2,14,15,16,17).